The standard InChI is InChI=1S/C25H29N3OS/c1-16(2)23-21-12-8-14-27(21)24-19(18-10-5-7-13-22(18)30-24)15-28(23)25(29)26-20-11-6-4-9-17(20)3/h4,6,8-9,11-12,14,16,23H,5,7,10,13,15H2,1-3H3,(H,26,29)/t23-/m0/s1. The van der Waals surface area contributed by atoms with E-state index in [1.165, 1.54) is 46.0 Å². The van der Waals surface area contributed by atoms with Crippen molar-refractivity contribution < 1.29 is 4.79 Å². The third-order valence-corrected chi connectivity index (χ3v) is 7.84. The summed E-state index contributed by atoms with van der Waals surface area (Å²) in [6.07, 6.45) is 7.01. The number of benzene rings is 1. The zero-order valence-electron chi connectivity index (χ0n) is 17.9. The molecule has 1 N–H and O–H groups in total. The average Bonchev–Trinajstić information content (AvgIpc) is 3.31. The Morgan fingerprint density at radius 3 is 2.70 bits per heavy atom. The molecule has 2 amide bonds. The highest BCUT2D eigenvalue weighted by Gasteiger charge is 2.36. The largest absolute Gasteiger partial charge is 0.322 e. The Morgan fingerprint density at radius 2 is 1.90 bits per heavy atom. The van der Waals surface area contributed by atoms with Crippen LogP contribution in [0.3, 0.4) is 0 Å². The molecule has 0 unspecified atom stereocenters. The van der Waals surface area contributed by atoms with E-state index in [-0.39, 0.29) is 12.1 Å². The van der Waals surface area contributed by atoms with Crippen LogP contribution in [0.25, 0.3) is 5.00 Å². The highest BCUT2D eigenvalue weighted by molar-refractivity contribution is 7.15. The van der Waals surface area contributed by atoms with E-state index in [0.29, 0.717) is 12.5 Å². The van der Waals surface area contributed by atoms with E-state index in [9.17, 15) is 4.79 Å². The molecule has 0 spiro atoms. The summed E-state index contributed by atoms with van der Waals surface area (Å²) in [5, 5.41) is 4.52. The molecule has 0 bridgehead atoms. The molecule has 0 saturated heterocycles. The maximum Gasteiger partial charge on any atom is 0.322 e. The van der Waals surface area contributed by atoms with Crippen molar-refractivity contribution in [3.63, 3.8) is 0 Å². The molecule has 1 aliphatic heterocycles. The van der Waals surface area contributed by atoms with Gasteiger partial charge in [-0.15, -0.1) is 11.3 Å². The minimum atomic E-state index is -0.0145. The van der Waals surface area contributed by atoms with E-state index in [2.05, 4.69) is 47.0 Å². The van der Waals surface area contributed by atoms with E-state index in [1.807, 2.05) is 42.5 Å². The van der Waals surface area contributed by atoms with E-state index < -0.39 is 0 Å². The summed E-state index contributed by atoms with van der Waals surface area (Å²) in [4.78, 5) is 17.2. The Kier molecular flexibility index (Phi) is 4.94. The SMILES string of the molecule is Cc1ccccc1NC(=O)N1Cc2c(sc3c2CCCC3)-n2cccc2[C@@H]1C(C)C. The van der Waals surface area contributed by atoms with Gasteiger partial charge < -0.3 is 14.8 Å². The number of para-hydroxylation sites is 1. The highest BCUT2D eigenvalue weighted by Crippen LogP contribution is 2.44. The van der Waals surface area contributed by atoms with Crippen molar-refractivity contribution in [2.45, 2.75) is 59.0 Å². The van der Waals surface area contributed by atoms with Gasteiger partial charge in [-0.25, -0.2) is 4.79 Å². The number of carbonyl (C=O) groups is 1. The van der Waals surface area contributed by atoms with E-state index in [1.54, 1.807) is 0 Å². The first-order chi connectivity index (χ1) is 14.5. The number of aryl methyl sites for hydroxylation is 2. The van der Waals surface area contributed by atoms with Crippen LogP contribution in [0.2, 0.25) is 0 Å². The Morgan fingerprint density at radius 1 is 1.10 bits per heavy atom. The van der Waals surface area contributed by atoms with Crippen molar-refractivity contribution in [2.75, 3.05) is 5.32 Å². The van der Waals surface area contributed by atoms with Gasteiger partial charge >= 0.3 is 6.03 Å². The topological polar surface area (TPSA) is 37.3 Å². The number of thiophene rings is 1. The van der Waals surface area contributed by atoms with Gasteiger partial charge in [-0.3, -0.25) is 0 Å². The molecule has 156 valence electrons. The summed E-state index contributed by atoms with van der Waals surface area (Å²) < 4.78 is 2.35. The fraction of sp³-hybridized carbons (Fsp3) is 0.400. The zero-order chi connectivity index (χ0) is 20.8. The fourth-order valence-electron chi connectivity index (χ4n) is 5.02. The van der Waals surface area contributed by atoms with Crippen molar-refractivity contribution in [3.05, 3.63) is 69.9 Å². The number of hydrogen-bond acceptors (Lipinski definition) is 2. The third-order valence-electron chi connectivity index (χ3n) is 6.50. The summed E-state index contributed by atoms with van der Waals surface area (Å²) in [6.45, 7) is 7.13. The van der Waals surface area contributed by atoms with Gasteiger partial charge in [-0.2, -0.15) is 0 Å². The quantitative estimate of drug-likeness (QED) is 0.508. The van der Waals surface area contributed by atoms with Crippen molar-refractivity contribution in [1.82, 2.24) is 9.47 Å². The number of fused-ring (bicyclic) bond motifs is 5. The minimum Gasteiger partial charge on any atom is -0.311 e. The van der Waals surface area contributed by atoms with Gasteiger partial charge in [-0.1, -0.05) is 32.0 Å². The molecule has 5 rings (SSSR count). The number of amides is 2. The summed E-state index contributed by atoms with van der Waals surface area (Å²) in [7, 11) is 0. The molecule has 3 aromatic rings. The fourth-order valence-corrected chi connectivity index (χ4v) is 6.43. The van der Waals surface area contributed by atoms with Crippen molar-refractivity contribution >= 4 is 23.1 Å². The molecule has 2 aromatic heterocycles. The summed E-state index contributed by atoms with van der Waals surface area (Å²) >= 11 is 1.94. The smallest absolute Gasteiger partial charge is 0.311 e. The number of nitrogens with zero attached hydrogens (tertiary/aromatic N) is 2. The first-order valence-electron chi connectivity index (χ1n) is 11.0. The molecule has 1 atom stereocenters. The normalized spacial score (nSPS) is 17.9. The molecule has 5 heteroatoms. The van der Waals surface area contributed by atoms with Gasteiger partial charge in [0.25, 0.3) is 0 Å². The average molecular weight is 420 g/mol. The molecule has 0 saturated carbocycles. The van der Waals surface area contributed by atoms with Crippen LogP contribution in [0.5, 0.6) is 0 Å². The lowest BCUT2D eigenvalue weighted by atomic mass is 9.94. The molecule has 0 radical (unpaired) electrons. The van der Waals surface area contributed by atoms with Crippen LogP contribution < -0.4 is 5.32 Å². The van der Waals surface area contributed by atoms with E-state index >= 15 is 0 Å². The monoisotopic (exact) mass is 419 g/mol. The lowest BCUT2D eigenvalue weighted by Crippen LogP contribution is -2.39. The second-order valence-electron chi connectivity index (χ2n) is 8.86. The first kappa shape index (κ1) is 19.4. The number of rotatable bonds is 2. The van der Waals surface area contributed by atoms with Gasteiger partial charge in [0.2, 0.25) is 0 Å². The van der Waals surface area contributed by atoms with Crippen molar-refractivity contribution in [1.29, 1.82) is 0 Å². The molecule has 2 aliphatic rings. The lowest BCUT2D eigenvalue weighted by molar-refractivity contribution is 0.161. The van der Waals surface area contributed by atoms with Gasteiger partial charge in [0.1, 0.15) is 5.00 Å². The van der Waals surface area contributed by atoms with Gasteiger partial charge in [-0.05, 0) is 67.9 Å². The van der Waals surface area contributed by atoms with Crippen LogP contribution >= 0.6 is 11.3 Å². The lowest BCUT2D eigenvalue weighted by Gasteiger charge is -2.33. The van der Waals surface area contributed by atoms with Crippen molar-refractivity contribution in [2.24, 2.45) is 5.92 Å². The number of urea groups is 1. The number of aromatic nitrogens is 1. The number of hydrogen-bond donors (Lipinski definition) is 1. The second kappa shape index (κ2) is 7.62. The number of anilines is 1. The van der Waals surface area contributed by atoms with Crippen LogP contribution in [0, 0.1) is 12.8 Å². The summed E-state index contributed by atoms with van der Waals surface area (Å²) in [5.41, 5.74) is 6.03. The predicted octanol–water partition coefficient (Wildman–Crippen LogP) is 6.47. The van der Waals surface area contributed by atoms with Crippen LogP contribution in [0.15, 0.2) is 42.6 Å². The molecule has 1 aromatic carbocycles. The van der Waals surface area contributed by atoms with Gasteiger partial charge in [0.05, 0.1) is 12.6 Å². The maximum absolute atomic E-state index is 13.6. The predicted molar refractivity (Wildman–Crippen MR) is 124 cm³/mol. The Bertz CT molecular complexity index is 1090. The maximum atomic E-state index is 13.6. The molecular weight excluding hydrogens is 390 g/mol. The molecule has 3 heterocycles. The molecule has 4 nitrogen and oxygen atoms in total. The Labute approximate surface area is 182 Å². The van der Waals surface area contributed by atoms with Gasteiger partial charge in [0.15, 0.2) is 0 Å². The second-order valence-corrected chi connectivity index (χ2v) is 9.94. The molecule has 0 fully saturated rings. The van der Waals surface area contributed by atoms with Crippen LogP contribution in [0.1, 0.15) is 60.0 Å². The minimum absolute atomic E-state index is 0.0145. The van der Waals surface area contributed by atoms with Crippen LogP contribution in [-0.2, 0) is 19.4 Å². The summed E-state index contributed by atoms with van der Waals surface area (Å²) in [5.74, 6) is 0.311. The highest BCUT2D eigenvalue weighted by atomic mass is 32.1. The number of nitrogens with one attached hydrogen (secondary N) is 1. The van der Waals surface area contributed by atoms with E-state index in [4.69, 9.17) is 0 Å². The molecular formula is C25H29N3OS. The molecule has 30 heavy (non-hydrogen) atoms. The summed E-state index contributed by atoms with van der Waals surface area (Å²) in [6, 6.07) is 12.3. The Hall–Kier alpha value is -2.53. The van der Waals surface area contributed by atoms with Crippen LogP contribution in [-0.4, -0.2) is 15.5 Å². The van der Waals surface area contributed by atoms with Crippen LogP contribution in [0.4, 0.5) is 10.5 Å². The van der Waals surface area contributed by atoms with E-state index in [0.717, 1.165) is 17.7 Å². The van der Waals surface area contributed by atoms with Gasteiger partial charge in [0, 0.05) is 28.0 Å². The molecule has 1 aliphatic carbocycles. The number of carbonyl (C=O) groups excluding carboxylic acids is 1. The van der Waals surface area contributed by atoms with Crippen molar-refractivity contribution in [3.8, 4) is 5.00 Å². The Balaban J connectivity index is 1.61. The zero-order valence-corrected chi connectivity index (χ0v) is 18.8. The first-order valence-corrected chi connectivity index (χ1v) is 11.8. The third kappa shape index (κ3) is 3.16.